The molecule has 1 rings (SSSR count). The molecule has 0 amide bonds. The molecule has 0 aromatic carbocycles. The molecule has 1 aromatic rings. The van der Waals surface area contributed by atoms with Crippen molar-refractivity contribution in [3.8, 4) is 0 Å². The maximum atomic E-state index is 5.23. The summed E-state index contributed by atoms with van der Waals surface area (Å²) in [4.78, 5) is 4.02. The van der Waals surface area contributed by atoms with Crippen LogP contribution in [-0.4, -0.2) is 4.98 Å². The first-order chi connectivity index (χ1) is 5.29. The van der Waals surface area contributed by atoms with Crippen molar-refractivity contribution < 1.29 is 0 Å². The van der Waals surface area contributed by atoms with Gasteiger partial charge in [-0.25, -0.2) is 10.8 Å². The molecule has 3 nitrogen and oxygen atoms in total. The Hall–Kier alpha value is -0.620. The highest BCUT2D eigenvalue weighted by Crippen LogP contribution is 2.18. The van der Waals surface area contributed by atoms with Crippen LogP contribution in [0.3, 0.4) is 0 Å². The molecule has 0 bridgehead atoms. The number of nitrogens with two attached hydrogens (primary N) is 1. The molecule has 0 spiro atoms. The number of anilines is 1. The van der Waals surface area contributed by atoms with E-state index >= 15 is 0 Å². The molecule has 0 aliphatic carbocycles. The molecule has 0 aliphatic heterocycles. The Morgan fingerprint density at radius 1 is 1.73 bits per heavy atom. The summed E-state index contributed by atoms with van der Waals surface area (Å²) < 4.78 is 1.08. The van der Waals surface area contributed by atoms with Gasteiger partial charge in [0.2, 0.25) is 0 Å². The van der Waals surface area contributed by atoms with Crippen LogP contribution in [0, 0.1) is 3.57 Å². The summed E-state index contributed by atoms with van der Waals surface area (Å²) in [5.41, 5.74) is 3.44. The third kappa shape index (κ3) is 1.69. The highest BCUT2D eigenvalue weighted by Gasteiger charge is 2.01. The quantitative estimate of drug-likeness (QED) is 0.483. The average Bonchev–Trinajstić information content (AvgIpc) is 2.04. The van der Waals surface area contributed by atoms with Gasteiger partial charge in [-0.3, -0.25) is 0 Å². The Balaban J connectivity index is 3.24. The van der Waals surface area contributed by atoms with E-state index in [-0.39, 0.29) is 0 Å². The largest absolute Gasteiger partial charge is 0.308 e. The number of hydrogen-bond donors (Lipinski definition) is 2. The molecule has 58 valence electrons. The van der Waals surface area contributed by atoms with Gasteiger partial charge < -0.3 is 5.43 Å². The van der Waals surface area contributed by atoms with Crippen LogP contribution in [0.5, 0.6) is 0 Å². The van der Waals surface area contributed by atoms with Crippen LogP contribution in [0.15, 0.2) is 18.8 Å². The van der Waals surface area contributed by atoms with E-state index < -0.39 is 0 Å². The SMILES string of the molecule is C=Cc1c(I)ccnc1NN. The number of nitrogen functional groups attached to an aromatic ring is 1. The van der Waals surface area contributed by atoms with Crippen molar-refractivity contribution >= 4 is 34.5 Å². The fraction of sp³-hybridized carbons (Fsp3) is 0. The number of nitrogens with one attached hydrogen (secondary N) is 1. The third-order valence-electron chi connectivity index (χ3n) is 1.28. The Kier molecular flexibility index (Phi) is 2.84. The molecule has 0 atom stereocenters. The highest BCUT2D eigenvalue weighted by molar-refractivity contribution is 14.1. The van der Waals surface area contributed by atoms with Crippen molar-refractivity contribution in [3.63, 3.8) is 0 Å². The molecule has 1 heterocycles. The molecule has 0 fully saturated rings. The van der Waals surface area contributed by atoms with Crippen LogP contribution < -0.4 is 11.3 Å². The first kappa shape index (κ1) is 8.48. The molecule has 1 aromatic heterocycles. The number of hydrogen-bond acceptors (Lipinski definition) is 3. The van der Waals surface area contributed by atoms with Crippen molar-refractivity contribution in [2.75, 3.05) is 5.43 Å². The summed E-state index contributed by atoms with van der Waals surface area (Å²) in [6.07, 6.45) is 3.42. The van der Waals surface area contributed by atoms with Crippen molar-refractivity contribution in [1.82, 2.24) is 4.98 Å². The van der Waals surface area contributed by atoms with Gasteiger partial charge in [0.15, 0.2) is 0 Å². The van der Waals surface area contributed by atoms with Crippen LogP contribution in [0.25, 0.3) is 6.08 Å². The minimum atomic E-state index is 0.659. The van der Waals surface area contributed by atoms with E-state index in [2.05, 4.69) is 39.6 Å². The van der Waals surface area contributed by atoms with Crippen molar-refractivity contribution in [3.05, 3.63) is 28.0 Å². The van der Waals surface area contributed by atoms with Crippen molar-refractivity contribution in [2.24, 2.45) is 5.84 Å². The van der Waals surface area contributed by atoms with Crippen molar-refractivity contribution in [1.29, 1.82) is 0 Å². The maximum Gasteiger partial charge on any atom is 0.148 e. The van der Waals surface area contributed by atoms with E-state index in [9.17, 15) is 0 Å². The van der Waals surface area contributed by atoms with Crippen LogP contribution in [0.4, 0.5) is 5.82 Å². The molecule has 3 N–H and O–H groups in total. The Labute approximate surface area is 78.8 Å². The van der Waals surface area contributed by atoms with Gasteiger partial charge in [0.1, 0.15) is 5.82 Å². The van der Waals surface area contributed by atoms with Gasteiger partial charge in [-0.15, -0.1) is 0 Å². The fourth-order valence-corrected chi connectivity index (χ4v) is 1.40. The number of nitrogens with zero attached hydrogens (tertiary/aromatic N) is 1. The summed E-state index contributed by atoms with van der Waals surface area (Å²) in [7, 11) is 0. The standard InChI is InChI=1S/C7H8IN3/c1-2-5-6(8)3-4-10-7(5)11-9/h2-4H,1,9H2,(H,10,11). The van der Waals surface area contributed by atoms with Crippen LogP contribution in [-0.2, 0) is 0 Å². The summed E-state index contributed by atoms with van der Waals surface area (Å²) >= 11 is 2.20. The predicted octanol–water partition coefficient (Wildman–Crippen LogP) is 1.61. The van der Waals surface area contributed by atoms with Gasteiger partial charge in [0.25, 0.3) is 0 Å². The zero-order chi connectivity index (χ0) is 8.27. The van der Waals surface area contributed by atoms with Crippen LogP contribution >= 0.6 is 22.6 Å². The summed E-state index contributed by atoms with van der Waals surface area (Å²) in [6.45, 7) is 3.66. The third-order valence-corrected chi connectivity index (χ3v) is 2.22. The minimum Gasteiger partial charge on any atom is -0.308 e. The lowest BCUT2D eigenvalue weighted by atomic mass is 10.2. The number of aromatic nitrogens is 1. The van der Waals surface area contributed by atoms with Gasteiger partial charge in [-0.1, -0.05) is 12.7 Å². The normalized spacial score (nSPS) is 9.27. The van der Waals surface area contributed by atoms with E-state index in [4.69, 9.17) is 5.84 Å². The zero-order valence-electron chi connectivity index (χ0n) is 5.84. The van der Waals surface area contributed by atoms with Gasteiger partial charge in [-0.05, 0) is 28.7 Å². The summed E-state index contributed by atoms with van der Waals surface area (Å²) in [6, 6.07) is 1.90. The summed E-state index contributed by atoms with van der Waals surface area (Å²) in [5, 5.41) is 0. The number of pyridine rings is 1. The van der Waals surface area contributed by atoms with E-state index in [0.717, 1.165) is 9.13 Å². The number of halogens is 1. The van der Waals surface area contributed by atoms with Gasteiger partial charge >= 0.3 is 0 Å². The summed E-state index contributed by atoms with van der Waals surface area (Å²) in [5.74, 6) is 5.89. The average molecular weight is 261 g/mol. The molecule has 0 unspecified atom stereocenters. The van der Waals surface area contributed by atoms with E-state index in [1.54, 1.807) is 12.3 Å². The lowest BCUT2D eigenvalue weighted by Crippen LogP contribution is -2.10. The molecule has 0 radical (unpaired) electrons. The monoisotopic (exact) mass is 261 g/mol. The van der Waals surface area contributed by atoms with Crippen molar-refractivity contribution in [2.45, 2.75) is 0 Å². The molecular formula is C7H8IN3. The predicted molar refractivity (Wildman–Crippen MR) is 54.9 cm³/mol. The Morgan fingerprint density at radius 3 is 2.91 bits per heavy atom. The lowest BCUT2D eigenvalue weighted by Gasteiger charge is -2.04. The second-order valence-corrected chi connectivity index (χ2v) is 3.07. The second kappa shape index (κ2) is 3.68. The Bertz CT molecular complexity index is 272. The van der Waals surface area contributed by atoms with Gasteiger partial charge in [0, 0.05) is 15.3 Å². The molecule has 0 aliphatic rings. The minimum absolute atomic E-state index is 0.659. The molecule has 0 saturated carbocycles. The highest BCUT2D eigenvalue weighted by atomic mass is 127. The topological polar surface area (TPSA) is 50.9 Å². The van der Waals surface area contributed by atoms with Crippen LogP contribution in [0.1, 0.15) is 5.56 Å². The zero-order valence-corrected chi connectivity index (χ0v) is 8.00. The van der Waals surface area contributed by atoms with Gasteiger partial charge in [-0.2, -0.15) is 0 Å². The molecule has 11 heavy (non-hydrogen) atoms. The molecular weight excluding hydrogens is 253 g/mol. The van der Waals surface area contributed by atoms with Gasteiger partial charge in [0.05, 0.1) is 0 Å². The maximum absolute atomic E-state index is 5.23. The van der Waals surface area contributed by atoms with Crippen LogP contribution in [0.2, 0.25) is 0 Å². The number of rotatable bonds is 2. The smallest absolute Gasteiger partial charge is 0.148 e. The molecule has 4 heteroatoms. The van der Waals surface area contributed by atoms with E-state index in [0.29, 0.717) is 5.82 Å². The first-order valence-electron chi connectivity index (χ1n) is 3.03. The fourth-order valence-electron chi connectivity index (χ4n) is 0.759. The second-order valence-electron chi connectivity index (χ2n) is 1.90. The Morgan fingerprint density at radius 2 is 2.45 bits per heavy atom. The van der Waals surface area contributed by atoms with E-state index in [1.165, 1.54) is 0 Å². The molecule has 0 saturated heterocycles. The lowest BCUT2D eigenvalue weighted by molar-refractivity contribution is 1.21. The number of hydrazine groups is 1. The first-order valence-corrected chi connectivity index (χ1v) is 4.11. The van der Waals surface area contributed by atoms with E-state index in [1.807, 2.05) is 6.07 Å².